The standard InChI is InChI=1S/C37H44F2N8O4/c1-3-33(26(2)48)47-36(49)46(25-42-47)30-7-5-29(6-8-30)43-13-15-44(16-14-43)34-19-37(22-45-24-40-23-41-45,31-9-4-28(38)18-32(31)39)12-10-35(34)51-21-27-11-17-50-20-27/h4-10,18-19,23-27,33,48H,3,11-17,20-22H2,1-2H3/t26-,27?,33-,37?/m0/s1. The number of halogens is 2. The quantitative estimate of drug-likeness (QED) is 0.232. The highest BCUT2D eigenvalue weighted by molar-refractivity contribution is 5.52. The van der Waals surface area contributed by atoms with Crippen molar-refractivity contribution in [2.24, 2.45) is 5.92 Å². The number of aliphatic hydroxyl groups excluding tert-OH is 1. The topological polar surface area (TPSA) is 116 Å². The van der Waals surface area contributed by atoms with Crippen LogP contribution in [0.15, 0.2) is 89.8 Å². The van der Waals surface area contributed by atoms with Gasteiger partial charge in [-0.3, -0.25) is 4.68 Å². The van der Waals surface area contributed by atoms with Crippen LogP contribution in [0.5, 0.6) is 0 Å². The Morgan fingerprint density at radius 3 is 2.47 bits per heavy atom. The molecule has 14 heteroatoms. The first-order valence-corrected chi connectivity index (χ1v) is 17.6. The Kier molecular flexibility index (Phi) is 10.0. The predicted molar refractivity (Wildman–Crippen MR) is 186 cm³/mol. The van der Waals surface area contributed by atoms with E-state index in [1.54, 1.807) is 17.9 Å². The maximum absolute atomic E-state index is 15.6. The molecule has 4 aromatic rings. The molecule has 2 fully saturated rings. The lowest BCUT2D eigenvalue weighted by molar-refractivity contribution is 0.118. The van der Waals surface area contributed by atoms with Crippen LogP contribution >= 0.6 is 0 Å². The van der Waals surface area contributed by atoms with Crippen LogP contribution in [-0.2, 0) is 21.4 Å². The molecule has 1 N–H and O–H groups in total. The highest BCUT2D eigenvalue weighted by atomic mass is 19.1. The van der Waals surface area contributed by atoms with Crippen LogP contribution < -0.4 is 10.6 Å². The van der Waals surface area contributed by atoms with E-state index < -0.39 is 29.2 Å². The van der Waals surface area contributed by atoms with E-state index in [4.69, 9.17) is 9.47 Å². The fraction of sp³-hybridized carbons (Fsp3) is 0.459. The van der Waals surface area contributed by atoms with Crippen LogP contribution in [0, 0.1) is 17.6 Å². The van der Waals surface area contributed by atoms with E-state index in [1.807, 2.05) is 37.3 Å². The molecule has 1 aliphatic carbocycles. The number of hydrogen-bond donors (Lipinski definition) is 1. The molecule has 2 saturated heterocycles. The zero-order valence-electron chi connectivity index (χ0n) is 28.9. The van der Waals surface area contributed by atoms with Gasteiger partial charge in [0.05, 0.1) is 43.3 Å². The van der Waals surface area contributed by atoms with Crippen molar-refractivity contribution < 1.29 is 23.4 Å². The summed E-state index contributed by atoms with van der Waals surface area (Å²) in [4.78, 5) is 21.8. The van der Waals surface area contributed by atoms with Crippen LogP contribution in [0.3, 0.4) is 0 Å². The average Bonchev–Trinajstić information content (AvgIpc) is 3.92. The molecule has 2 aromatic heterocycles. The number of rotatable bonds is 12. The number of anilines is 1. The van der Waals surface area contributed by atoms with E-state index in [0.717, 1.165) is 36.2 Å². The first-order valence-electron chi connectivity index (χ1n) is 17.6. The molecular weight excluding hydrogens is 658 g/mol. The van der Waals surface area contributed by atoms with Gasteiger partial charge >= 0.3 is 5.69 Å². The van der Waals surface area contributed by atoms with Gasteiger partial charge in [0.2, 0.25) is 0 Å². The van der Waals surface area contributed by atoms with Gasteiger partial charge in [0.1, 0.15) is 36.4 Å². The highest BCUT2D eigenvalue weighted by Crippen LogP contribution is 2.41. The number of hydrogen-bond acceptors (Lipinski definition) is 9. The van der Waals surface area contributed by atoms with E-state index in [2.05, 4.69) is 31.1 Å². The number of allylic oxidation sites excluding steroid dienone is 2. The van der Waals surface area contributed by atoms with Crippen molar-refractivity contribution in [3.8, 4) is 5.69 Å². The number of aromatic nitrogens is 6. The zero-order chi connectivity index (χ0) is 35.5. The Balaban J connectivity index is 1.13. The van der Waals surface area contributed by atoms with Crippen LogP contribution in [0.1, 0.15) is 44.7 Å². The molecule has 0 saturated carbocycles. The summed E-state index contributed by atoms with van der Waals surface area (Å²) in [5.41, 5.74) is 1.81. The molecule has 7 rings (SSSR count). The van der Waals surface area contributed by atoms with E-state index in [-0.39, 0.29) is 5.69 Å². The SMILES string of the molecule is CC[C@@H]([C@H](C)O)n1ncn(-c2ccc(N3CCN(C4=CC(Cn5cncn5)(c5ccc(F)cc5F)CC=C4OCC4CCOC4)CC3)cc2)c1=O. The summed E-state index contributed by atoms with van der Waals surface area (Å²) in [5, 5.41) is 18.7. The second-order valence-corrected chi connectivity index (χ2v) is 13.7. The number of aliphatic hydroxyl groups is 1. The van der Waals surface area contributed by atoms with Gasteiger partial charge < -0.3 is 24.4 Å². The third kappa shape index (κ3) is 7.20. The number of benzene rings is 2. The summed E-state index contributed by atoms with van der Waals surface area (Å²) in [5.74, 6) is -0.177. The molecule has 2 aliphatic heterocycles. The van der Waals surface area contributed by atoms with E-state index in [1.165, 1.54) is 34.0 Å². The maximum atomic E-state index is 15.6. The molecular formula is C37H44F2N8O4. The normalized spacial score (nSPS) is 22.1. The van der Waals surface area contributed by atoms with E-state index in [0.29, 0.717) is 75.9 Å². The van der Waals surface area contributed by atoms with Crippen LogP contribution in [0.25, 0.3) is 5.69 Å². The lowest BCUT2D eigenvalue weighted by Crippen LogP contribution is -2.47. The van der Waals surface area contributed by atoms with Gasteiger partial charge in [-0.1, -0.05) is 13.0 Å². The lowest BCUT2D eigenvalue weighted by atomic mass is 9.73. The van der Waals surface area contributed by atoms with Crippen LogP contribution in [0.2, 0.25) is 0 Å². The van der Waals surface area contributed by atoms with Gasteiger partial charge in [-0.05, 0) is 68.7 Å². The molecule has 0 spiro atoms. The Morgan fingerprint density at radius 2 is 1.80 bits per heavy atom. The van der Waals surface area contributed by atoms with Crippen molar-refractivity contribution in [2.75, 3.05) is 50.9 Å². The molecule has 2 unspecified atom stereocenters. The van der Waals surface area contributed by atoms with Crippen molar-refractivity contribution in [3.63, 3.8) is 0 Å². The summed E-state index contributed by atoms with van der Waals surface area (Å²) < 4.78 is 46.3. The monoisotopic (exact) mass is 702 g/mol. The van der Waals surface area contributed by atoms with Crippen molar-refractivity contribution in [1.82, 2.24) is 34.0 Å². The van der Waals surface area contributed by atoms with Crippen LogP contribution in [-0.4, -0.2) is 91.2 Å². The number of ether oxygens (including phenoxy) is 2. The summed E-state index contributed by atoms with van der Waals surface area (Å²) in [7, 11) is 0. The molecule has 3 aliphatic rings. The van der Waals surface area contributed by atoms with Crippen molar-refractivity contribution in [2.45, 2.75) is 57.2 Å². The smallest absolute Gasteiger partial charge is 0.350 e. The van der Waals surface area contributed by atoms with E-state index >= 15 is 4.39 Å². The highest BCUT2D eigenvalue weighted by Gasteiger charge is 2.39. The summed E-state index contributed by atoms with van der Waals surface area (Å²) in [6.45, 7) is 8.59. The Labute approximate surface area is 295 Å². The maximum Gasteiger partial charge on any atom is 0.350 e. The second kappa shape index (κ2) is 14.8. The van der Waals surface area contributed by atoms with Crippen LogP contribution in [0.4, 0.5) is 14.5 Å². The Morgan fingerprint density at radius 1 is 1.04 bits per heavy atom. The Hall–Kier alpha value is -4.82. The first kappa shape index (κ1) is 34.6. The van der Waals surface area contributed by atoms with Gasteiger partial charge in [0, 0.05) is 61.4 Å². The molecule has 4 heterocycles. The van der Waals surface area contributed by atoms with E-state index in [9.17, 15) is 14.3 Å². The molecule has 2 aromatic carbocycles. The lowest BCUT2D eigenvalue weighted by Gasteiger charge is -2.42. The predicted octanol–water partition coefficient (Wildman–Crippen LogP) is 4.22. The minimum absolute atomic E-state index is 0.295. The average molecular weight is 703 g/mol. The number of piperazine rings is 1. The fourth-order valence-electron chi connectivity index (χ4n) is 7.42. The van der Waals surface area contributed by atoms with Crippen molar-refractivity contribution in [3.05, 3.63) is 113 Å². The number of nitrogens with zero attached hydrogens (tertiary/aromatic N) is 8. The minimum Gasteiger partial charge on any atom is -0.491 e. The summed E-state index contributed by atoms with van der Waals surface area (Å²) in [6, 6.07) is 11.2. The van der Waals surface area contributed by atoms with Gasteiger partial charge in [0.25, 0.3) is 0 Å². The van der Waals surface area contributed by atoms with Gasteiger partial charge in [0.15, 0.2) is 0 Å². The largest absolute Gasteiger partial charge is 0.491 e. The molecule has 0 amide bonds. The second-order valence-electron chi connectivity index (χ2n) is 13.7. The Bertz CT molecular complexity index is 1910. The molecule has 0 bridgehead atoms. The third-order valence-corrected chi connectivity index (χ3v) is 10.3. The summed E-state index contributed by atoms with van der Waals surface area (Å²) in [6.07, 6.45) is 9.92. The zero-order valence-corrected chi connectivity index (χ0v) is 28.9. The van der Waals surface area contributed by atoms with Gasteiger partial charge in [-0.2, -0.15) is 10.2 Å². The van der Waals surface area contributed by atoms with Gasteiger partial charge in [-0.15, -0.1) is 0 Å². The molecule has 270 valence electrons. The third-order valence-electron chi connectivity index (χ3n) is 10.3. The molecule has 0 radical (unpaired) electrons. The first-order chi connectivity index (χ1) is 24.7. The van der Waals surface area contributed by atoms with Gasteiger partial charge in [-0.25, -0.2) is 27.8 Å². The molecule has 51 heavy (non-hydrogen) atoms. The fourth-order valence-corrected chi connectivity index (χ4v) is 7.42. The van der Waals surface area contributed by atoms with Crippen molar-refractivity contribution in [1.29, 1.82) is 0 Å². The molecule has 4 atom stereocenters. The molecule has 12 nitrogen and oxygen atoms in total. The minimum atomic E-state index is -0.866. The summed E-state index contributed by atoms with van der Waals surface area (Å²) >= 11 is 0. The van der Waals surface area contributed by atoms with Crippen molar-refractivity contribution >= 4 is 5.69 Å².